The van der Waals surface area contributed by atoms with Gasteiger partial charge >= 0.3 is 0 Å². The molecule has 0 fully saturated rings. The van der Waals surface area contributed by atoms with Gasteiger partial charge in [-0.05, 0) is 61.4 Å². The van der Waals surface area contributed by atoms with E-state index in [1.165, 1.54) is 18.1 Å². The van der Waals surface area contributed by atoms with Crippen molar-refractivity contribution < 1.29 is 18.7 Å². The number of anilines is 1. The number of carbonyl (C=O) groups excluding carboxylic acids is 2. The van der Waals surface area contributed by atoms with Crippen molar-refractivity contribution in [3.8, 4) is 5.75 Å². The van der Waals surface area contributed by atoms with E-state index >= 15 is 0 Å². The molecule has 0 aliphatic heterocycles. The number of nitrogens with one attached hydrogen (secondary N) is 1. The van der Waals surface area contributed by atoms with E-state index in [0.29, 0.717) is 29.3 Å². The Morgan fingerprint density at radius 2 is 1.84 bits per heavy atom. The SMILES string of the molecule is CC(=O)c1ccc(OCc2ccc(C(=O)Nc3cnn(Cc4ccccc4C)c3)o2)cc1. The second-order valence-electron chi connectivity index (χ2n) is 7.44. The molecule has 0 saturated carbocycles. The van der Waals surface area contributed by atoms with E-state index in [1.807, 2.05) is 12.1 Å². The fourth-order valence-electron chi connectivity index (χ4n) is 3.19. The summed E-state index contributed by atoms with van der Waals surface area (Å²) in [5, 5.41) is 7.11. The fourth-order valence-corrected chi connectivity index (χ4v) is 3.19. The molecule has 7 heteroatoms. The molecule has 0 bridgehead atoms. The van der Waals surface area contributed by atoms with Crippen LogP contribution in [0.3, 0.4) is 0 Å². The van der Waals surface area contributed by atoms with Gasteiger partial charge in [0, 0.05) is 11.8 Å². The molecule has 32 heavy (non-hydrogen) atoms. The number of aryl methyl sites for hydroxylation is 1. The highest BCUT2D eigenvalue weighted by molar-refractivity contribution is 6.02. The van der Waals surface area contributed by atoms with Crippen LogP contribution in [-0.4, -0.2) is 21.5 Å². The van der Waals surface area contributed by atoms with E-state index < -0.39 is 0 Å². The molecule has 162 valence electrons. The van der Waals surface area contributed by atoms with Crippen molar-refractivity contribution in [3.63, 3.8) is 0 Å². The van der Waals surface area contributed by atoms with Crippen molar-refractivity contribution in [2.24, 2.45) is 0 Å². The number of hydrogen-bond acceptors (Lipinski definition) is 5. The molecule has 2 heterocycles. The summed E-state index contributed by atoms with van der Waals surface area (Å²) in [5.74, 6) is 0.943. The lowest BCUT2D eigenvalue weighted by Crippen LogP contribution is -2.10. The van der Waals surface area contributed by atoms with E-state index in [0.717, 1.165) is 0 Å². The van der Waals surface area contributed by atoms with Gasteiger partial charge < -0.3 is 14.5 Å². The number of amides is 1. The third-order valence-electron chi connectivity index (χ3n) is 5.01. The predicted octanol–water partition coefficient (Wildman–Crippen LogP) is 4.87. The van der Waals surface area contributed by atoms with Gasteiger partial charge in [0.25, 0.3) is 5.91 Å². The number of Topliss-reactive ketones (excluding diaryl/α,β-unsaturated/α-hetero) is 1. The number of carbonyl (C=O) groups is 2. The van der Waals surface area contributed by atoms with Crippen LogP contribution in [0.2, 0.25) is 0 Å². The number of rotatable bonds is 8. The minimum Gasteiger partial charge on any atom is -0.486 e. The maximum Gasteiger partial charge on any atom is 0.291 e. The quantitative estimate of drug-likeness (QED) is 0.404. The largest absolute Gasteiger partial charge is 0.486 e. The van der Waals surface area contributed by atoms with Gasteiger partial charge in [0.2, 0.25) is 0 Å². The van der Waals surface area contributed by atoms with E-state index in [4.69, 9.17) is 9.15 Å². The van der Waals surface area contributed by atoms with Crippen molar-refractivity contribution in [1.29, 1.82) is 0 Å². The first kappa shape index (κ1) is 21.1. The van der Waals surface area contributed by atoms with Gasteiger partial charge in [-0.15, -0.1) is 0 Å². The van der Waals surface area contributed by atoms with Crippen LogP contribution in [0.25, 0.3) is 0 Å². The van der Waals surface area contributed by atoms with Crippen LogP contribution in [0.5, 0.6) is 5.75 Å². The highest BCUT2D eigenvalue weighted by Gasteiger charge is 2.13. The Bertz CT molecular complexity index is 1240. The highest BCUT2D eigenvalue weighted by atomic mass is 16.5. The molecule has 0 radical (unpaired) electrons. The van der Waals surface area contributed by atoms with Crippen molar-refractivity contribution in [2.75, 3.05) is 5.32 Å². The van der Waals surface area contributed by atoms with Gasteiger partial charge in [-0.1, -0.05) is 24.3 Å². The van der Waals surface area contributed by atoms with E-state index in [9.17, 15) is 9.59 Å². The first-order chi connectivity index (χ1) is 15.5. The van der Waals surface area contributed by atoms with Gasteiger partial charge in [-0.2, -0.15) is 5.10 Å². The third-order valence-corrected chi connectivity index (χ3v) is 5.01. The molecule has 0 atom stereocenters. The zero-order chi connectivity index (χ0) is 22.5. The molecular formula is C25H23N3O4. The smallest absolute Gasteiger partial charge is 0.291 e. The molecule has 7 nitrogen and oxygen atoms in total. The monoisotopic (exact) mass is 429 g/mol. The molecule has 0 saturated heterocycles. The van der Waals surface area contributed by atoms with Gasteiger partial charge in [-0.25, -0.2) is 0 Å². The lowest BCUT2D eigenvalue weighted by Gasteiger charge is -2.05. The van der Waals surface area contributed by atoms with E-state index in [1.54, 1.807) is 53.5 Å². The van der Waals surface area contributed by atoms with E-state index in [2.05, 4.69) is 29.5 Å². The summed E-state index contributed by atoms with van der Waals surface area (Å²) in [7, 11) is 0. The number of ketones is 1. The van der Waals surface area contributed by atoms with Crippen molar-refractivity contribution in [1.82, 2.24) is 9.78 Å². The number of benzene rings is 2. The molecule has 0 spiro atoms. The second-order valence-corrected chi connectivity index (χ2v) is 7.44. The standard InChI is InChI=1S/C25H23N3O4/c1-17-5-3-4-6-20(17)14-28-15-21(13-26-28)27-25(30)24-12-11-23(32-24)16-31-22-9-7-19(8-10-22)18(2)29/h3-13,15H,14,16H2,1-2H3,(H,27,30). The van der Waals surface area contributed by atoms with Crippen molar-refractivity contribution in [3.05, 3.63) is 101 Å². The lowest BCUT2D eigenvalue weighted by molar-refractivity contribution is 0.0990. The minimum absolute atomic E-state index is 0.000962. The predicted molar refractivity (Wildman–Crippen MR) is 120 cm³/mol. The Kier molecular flexibility index (Phi) is 6.17. The molecule has 1 N–H and O–H groups in total. The Hall–Kier alpha value is -4.13. The molecule has 0 unspecified atom stereocenters. The maximum absolute atomic E-state index is 12.5. The summed E-state index contributed by atoms with van der Waals surface area (Å²) in [6.45, 7) is 4.36. The van der Waals surface area contributed by atoms with Crippen LogP contribution in [0.15, 0.2) is 77.5 Å². The molecule has 2 aromatic carbocycles. The first-order valence-corrected chi connectivity index (χ1v) is 10.2. The highest BCUT2D eigenvalue weighted by Crippen LogP contribution is 2.17. The van der Waals surface area contributed by atoms with Crippen LogP contribution >= 0.6 is 0 Å². The number of aromatic nitrogens is 2. The molecule has 0 aliphatic carbocycles. The van der Waals surface area contributed by atoms with E-state index in [-0.39, 0.29) is 24.1 Å². The molecular weight excluding hydrogens is 406 g/mol. The van der Waals surface area contributed by atoms with Crippen molar-refractivity contribution in [2.45, 2.75) is 27.0 Å². The zero-order valence-electron chi connectivity index (χ0n) is 17.9. The van der Waals surface area contributed by atoms with Gasteiger partial charge in [0.15, 0.2) is 11.5 Å². The topological polar surface area (TPSA) is 86.4 Å². The van der Waals surface area contributed by atoms with Crippen molar-refractivity contribution >= 4 is 17.4 Å². The number of furan rings is 1. The summed E-state index contributed by atoms with van der Waals surface area (Å²) in [5.41, 5.74) is 3.56. The molecule has 2 aromatic heterocycles. The summed E-state index contributed by atoms with van der Waals surface area (Å²) in [6.07, 6.45) is 3.38. The zero-order valence-corrected chi connectivity index (χ0v) is 17.9. The lowest BCUT2D eigenvalue weighted by atomic mass is 10.1. The first-order valence-electron chi connectivity index (χ1n) is 10.2. The Labute approximate surface area is 185 Å². The van der Waals surface area contributed by atoms with Crippen LogP contribution < -0.4 is 10.1 Å². The number of ether oxygens (including phenoxy) is 1. The summed E-state index contributed by atoms with van der Waals surface area (Å²) in [6, 6.07) is 18.3. The molecule has 4 aromatic rings. The van der Waals surface area contributed by atoms with Gasteiger partial charge in [0.1, 0.15) is 18.1 Å². The summed E-state index contributed by atoms with van der Waals surface area (Å²) in [4.78, 5) is 23.8. The van der Waals surface area contributed by atoms with Gasteiger partial charge in [0.05, 0.1) is 18.4 Å². The Morgan fingerprint density at radius 3 is 2.59 bits per heavy atom. The average Bonchev–Trinajstić information content (AvgIpc) is 3.44. The third kappa shape index (κ3) is 5.13. The normalized spacial score (nSPS) is 10.7. The summed E-state index contributed by atoms with van der Waals surface area (Å²) >= 11 is 0. The summed E-state index contributed by atoms with van der Waals surface area (Å²) < 4.78 is 13.0. The van der Waals surface area contributed by atoms with Crippen LogP contribution in [-0.2, 0) is 13.2 Å². The van der Waals surface area contributed by atoms with Gasteiger partial charge in [-0.3, -0.25) is 14.3 Å². The Balaban J connectivity index is 1.32. The fraction of sp³-hybridized carbons (Fsp3) is 0.160. The number of hydrogen-bond donors (Lipinski definition) is 1. The molecule has 4 rings (SSSR count). The molecule has 0 aliphatic rings. The second kappa shape index (κ2) is 9.34. The minimum atomic E-state index is -0.363. The van der Waals surface area contributed by atoms with Crippen LogP contribution in [0.1, 0.15) is 44.7 Å². The van der Waals surface area contributed by atoms with Crippen LogP contribution in [0.4, 0.5) is 5.69 Å². The average molecular weight is 429 g/mol. The number of nitrogens with zero attached hydrogens (tertiary/aromatic N) is 2. The Morgan fingerprint density at radius 1 is 1.06 bits per heavy atom. The molecule has 1 amide bonds. The maximum atomic E-state index is 12.5. The van der Waals surface area contributed by atoms with Crippen LogP contribution in [0, 0.1) is 6.92 Å².